The Labute approximate surface area is 131 Å². The topological polar surface area (TPSA) is 42.0 Å². The largest absolute Gasteiger partial charge is 0.321 e. The summed E-state index contributed by atoms with van der Waals surface area (Å²) in [6.07, 6.45) is 1.45. The molecule has 21 heavy (non-hydrogen) atoms. The zero-order valence-electron chi connectivity index (χ0n) is 10.8. The minimum atomic E-state index is -0.237. The fraction of sp³-hybridized carbons (Fsp3) is 0. The van der Waals surface area contributed by atoms with Crippen molar-refractivity contribution >= 4 is 34.5 Å². The number of aromatic nitrogens is 1. The van der Waals surface area contributed by atoms with Gasteiger partial charge in [0.2, 0.25) is 0 Å². The van der Waals surface area contributed by atoms with Gasteiger partial charge in [-0.1, -0.05) is 29.8 Å². The number of benzene rings is 1. The Hall–Kier alpha value is -2.17. The first-order valence-electron chi connectivity index (χ1n) is 6.21. The third-order valence-corrected chi connectivity index (χ3v) is 3.99. The van der Waals surface area contributed by atoms with Gasteiger partial charge in [0.1, 0.15) is 5.15 Å². The van der Waals surface area contributed by atoms with E-state index in [1.165, 1.54) is 6.20 Å². The molecular formula is C16H10ClN2OS. The van der Waals surface area contributed by atoms with Gasteiger partial charge in [0.15, 0.2) is 0 Å². The van der Waals surface area contributed by atoms with E-state index in [0.29, 0.717) is 16.4 Å². The highest BCUT2D eigenvalue weighted by molar-refractivity contribution is 7.13. The van der Waals surface area contributed by atoms with Crippen molar-refractivity contribution in [3.05, 3.63) is 70.8 Å². The maximum Gasteiger partial charge on any atom is 0.257 e. The first kappa shape index (κ1) is 13.8. The minimum Gasteiger partial charge on any atom is -0.321 e. The van der Waals surface area contributed by atoms with Crippen molar-refractivity contribution in [3.63, 3.8) is 0 Å². The number of rotatable bonds is 3. The summed E-state index contributed by atoms with van der Waals surface area (Å²) < 4.78 is 0. The number of anilines is 1. The average molecular weight is 314 g/mol. The molecule has 2 heterocycles. The van der Waals surface area contributed by atoms with E-state index in [-0.39, 0.29) is 5.91 Å². The predicted octanol–water partition coefficient (Wildman–Crippen LogP) is 4.52. The quantitative estimate of drug-likeness (QED) is 0.722. The Morgan fingerprint density at radius 1 is 1.29 bits per heavy atom. The van der Waals surface area contributed by atoms with E-state index in [1.54, 1.807) is 29.5 Å². The Morgan fingerprint density at radius 3 is 2.90 bits per heavy atom. The lowest BCUT2D eigenvalue weighted by molar-refractivity contribution is 0.102. The molecule has 1 N–H and O–H groups in total. The summed E-state index contributed by atoms with van der Waals surface area (Å²) >= 11 is 7.36. The molecule has 0 saturated heterocycles. The third kappa shape index (κ3) is 3.29. The highest BCUT2D eigenvalue weighted by Crippen LogP contribution is 2.26. The molecule has 1 radical (unpaired) electrons. The van der Waals surface area contributed by atoms with Crippen LogP contribution in [0.3, 0.4) is 0 Å². The summed E-state index contributed by atoms with van der Waals surface area (Å²) in [6.45, 7) is 0. The van der Waals surface area contributed by atoms with Gasteiger partial charge in [0.05, 0.1) is 5.56 Å². The third-order valence-electron chi connectivity index (χ3n) is 2.85. The fourth-order valence-corrected chi connectivity index (χ4v) is 2.68. The number of carbonyl (C=O) groups excluding carboxylic acids is 1. The van der Waals surface area contributed by atoms with Crippen molar-refractivity contribution in [1.82, 2.24) is 4.98 Å². The first-order chi connectivity index (χ1) is 10.2. The molecule has 0 aliphatic carbocycles. The molecule has 1 aromatic carbocycles. The van der Waals surface area contributed by atoms with Crippen LogP contribution in [0.2, 0.25) is 5.15 Å². The Morgan fingerprint density at radius 2 is 2.19 bits per heavy atom. The lowest BCUT2D eigenvalue weighted by atomic mass is 10.1. The highest BCUT2D eigenvalue weighted by Gasteiger charge is 2.07. The Kier molecular flexibility index (Phi) is 3.99. The van der Waals surface area contributed by atoms with E-state index in [2.05, 4.69) is 16.4 Å². The van der Waals surface area contributed by atoms with E-state index in [1.807, 2.05) is 29.6 Å². The van der Waals surface area contributed by atoms with E-state index in [9.17, 15) is 4.79 Å². The lowest BCUT2D eigenvalue weighted by Gasteiger charge is -2.06. The summed E-state index contributed by atoms with van der Waals surface area (Å²) in [5, 5.41) is 5.18. The fourth-order valence-electron chi connectivity index (χ4n) is 1.84. The van der Waals surface area contributed by atoms with Crippen LogP contribution in [0.15, 0.2) is 54.0 Å². The minimum absolute atomic E-state index is 0.237. The van der Waals surface area contributed by atoms with Crippen LogP contribution in [0.1, 0.15) is 10.4 Å². The van der Waals surface area contributed by atoms with Gasteiger partial charge in [-0.05, 0) is 35.2 Å². The molecule has 0 saturated carbocycles. The maximum atomic E-state index is 12.1. The number of hydrogen-bond donors (Lipinski definition) is 1. The Balaban J connectivity index is 1.80. The van der Waals surface area contributed by atoms with Crippen LogP contribution >= 0.6 is 22.9 Å². The molecule has 0 aliphatic rings. The normalized spacial score (nSPS) is 10.3. The second kappa shape index (κ2) is 6.08. The number of nitrogens with one attached hydrogen (secondary N) is 1. The van der Waals surface area contributed by atoms with Gasteiger partial charge >= 0.3 is 0 Å². The van der Waals surface area contributed by atoms with Crippen molar-refractivity contribution in [3.8, 4) is 10.4 Å². The molecule has 3 rings (SSSR count). The first-order valence-corrected chi connectivity index (χ1v) is 7.47. The second-order valence-corrected chi connectivity index (χ2v) is 5.63. The summed E-state index contributed by atoms with van der Waals surface area (Å²) in [6, 6.07) is 15.9. The standard InChI is InChI=1S/C16H10ClN2OS/c17-15-7-6-12(10-18-15)16(20)19-13-4-1-3-11(9-13)14-5-2-8-21-14/h1-3,5-10H,(H,19,20). The van der Waals surface area contributed by atoms with Gasteiger partial charge in [-0.3, -0.25) is 4.79 Å². The van der Waals surface area contributed by atoms with Crippen LogP contribution in [0.5, 0.6) is 0 Å². The number of carbonyl (C=O) groups is 1. The SMILES string of the molecule is O=C(Nc1[c]ccc(-c2cccs2)c1)c1ccc(Cl)nc1. The molecule has 0 bridgehead atoms. The lowest BCUT2D eigenvalue weighted by Crippen LogP contribution is -2.12. The predicted molar refractivity (Wildman–Crippen MR) is 85.8 cm³/mol. The van der Waals surface area contributed by atoms with Gasteiger partial charge in [-0.15, -0.1) is 11.3 Å². The number of hydrogen-bond acceptors (Lipinski definition) is 3. The van der Waals surface area contributed by atoms with Crippen molar-refractivity contribution < 1.29 is 4.79 Å². The molecule has 3 nitrogen and oxygen atoms in total. The zero-order valence-corrected chi connectivity index (χ0v) is 12.4. The van der Waals surface area contributed by atoms with E-state index in [4.69, 9.17) is 11.6 Å². The van der Waals surface area contributed by atoms with Crippen molar-refractivity contribution in [2.45, 2.75) is 0 Å². The average Bonchev–Trinajstić information content (AvgIpc) is 3.02. The summed E-state index contributed by atoms with van der Waals surface area (Å²) in [7, 11) is 0. The summed E-state index contributed by atoms with van der Waals surface area (Å²) in [5.41, 5.74) is 2.13. The van der Waals surface area contributed by atoms with Gasteiger partial charge in [-0.2, -0.15) is 0 Å². The van der Waals surface area contributed by atoms with Crippen molar-refractivity contribution in [2.24, 2.45) is 0 Å². The number of amides is 1. The van der Waals surface area contributed by atoms with Gasteiger partial charge in [0, 0.05) is 22.8 Å². The molecule has 0 atom stereocenters. The van der Waals surface area contributed by atoms with Crippen LogP contribution in [-0.2, 0) is 0 Å². The smallest absolute Gasteiger partial charge is 0.257 e. The zero-order chi connectivity index (χ0) is 14.7. The molecule has 1 amide bonds. The second-order valence-electron chi connectivity index (χ2n) is 4.29. The molecule has 0 aliphatic heterocycles. The number of nitrogens with zero attached hydrogens (tertiary/aromatic N) is 1. The Bertz CT molecular complexity index is 754. The summed E-state index contributed by atoms with van der Waals surface area (Å²) in [4.78, 5) is 17.2. The van der Waals surface area contributed by atoms with Crippen molar-refractivity contribution in [1.29, 1.82) is 0 Å². The number of halogens is 1. The van der Waals surface area contributed by atoms with Crippen LogP contribution in [0.25, 0.3) is 10.4 Å². The van der Waals surface area contributed by atoms with Gasteiger partial charge in [0.25, 0.3) is 5.91 Å². The molecule has 0 unspecified atom stereocenters. The number of pyridine rings is 1. The molecule has 103 valence electrons. The molecular weight excluding hydrogens is 304 g/mol. The van der Waals surface area contributed by atoms with Crippen LogP contribution in [0, 0.1) is 6.07 Å². The van der Waals surface area contributed by atoms with Gasteiger partial charge in [-0.25, -0.2) is 4.98 Å². The molecule has 2 aromatic heterocycles. The van der Waals surface area contributed by atoms with E-state index in [0.717, 1.165) is 10.4 Å². The van der Waals surface area contributed by atoms with Crippen molar-refractivity contribution in [2.75, 3.05) is 5.32 Å². The monoisotopic (exact) mass is 313 g/mol. The maximum absolute atomic E-state index is 12.1. The highest BCUT2D eigenvalue weighted by atomic mass is 35.5. The molecule has 5 heteroatoms. The summed E-state index contributed by atoms with van der Waals surface area (Å²) in [5.74, 6) is -0.237. The van der Waals surface area contributed by atoms with Crippen LogP contribution < -0.4 is 5.32 Å². The molecule has 0 fully saturated rings. The molecule has 3 aromatic rings. The number of thiophene rings is 1. The van der Waals surface area contributed by atoms with E-state index >= 15 is 0 Å². The van der Waals surface area contributed by atoms with Crippen LogP contribution in [-0.4, -0.2) is 10.9 Å². The van der Waals surface area contributed by atoms with Crippen LogP contribution in [0.4, 0.5) is 5.69 Å². The van der Waals surface area contributed by atoms with E-state index < -0.39 is 0 Å². The molecule has 0 spiro atoms. The van der Waals surface area contributed by atoms with Gasteiger partial charge < -0.3 is 5.32 Å².